The molecule has 0 spiro atoms. The third kappa shape index (κ3) is 3.84. The summed E-state index contributed by atoms with van der Waals surface area (Å²) < 4.78 is 0. The molecule has 2 unspecified atom stereocenters. The number of hydrogen-bond donors (Lipinski definition) is 0. The molecule has 0 aromatic carbocycles. The van der Waals surface area contributed by atoms with Gasteiger partial charge in [-0.1, -0.05) is 6.92 Å². The molecule has 0 aliphatic carbocycles. The summed E-state index contributed by atoms with van der Waals surface area (Å²) >= 11 is 0. The predicted octanol–water partition coefficient (Wildman–Crippen LogP) is 1.73. The van der Waals surface area contributed by atoms with Crippen molar-refractivity contribution in [2.75, 3.05) is 20.1 Å². The van der Waals surface area contributed by atoms with E-state index in [1.54, 1.807) is 17.3 Å². The lowest BCUT2D eigenvalue weighted by molar-refractivity contribution is -0.134. The van der Waals surface area contributed by atoms with Crippen LogP contribution in [0.25, 0.3) is 0 Å². The summed E-state index contributed by atoms with van der Waals surface area (Å²) in [6.07, 6.45) is 5.60. The molecule has 22 heavy (non-hydrogen) atoms. The van der Waals surface area contributed by atoms with Gasteiger partial charge in [0, 0.05) is 45.0 Å². The first-order chi connectivity index (χ1) is 10.5. The lowest BCUT2D eigenvalue weighted by atomic mass is 10.1. The van der Waals surface area contributed by atoms with Gasteiger partial charge in [-0.2, -0.15) is 0 Å². The number of amides is 2. The minimum atomic E-state index is -0.191. The Morgan fingerprint density at radius 1 is 1.45 bits per heavy atom. The van der Waals surface area contributed by atoms with E-state index in [1.807, 2.05) is 31.0 Å². The largest absolute Gasteiger partial charge is 0.345 e. The van der Waals surface area contributed by atoms with Crippen molar-refractivity contribution in [3.8, 4) is 0 Å². The van der Waals surface area contributed by atoms with Crippen LogP contribution in [0, 0.1) is 5.92 Å². The van der Waals surface area contributed by atoms with Gasteiger partial charge in [0.2, 0.25) is 11.8 Å². The number of nitrogens with zero attached hydrogens (tertiary/aromatic N) is 3. The van der Waals surface area contributed by atoms with Crippen LogP contribution in [0.4, 0.5) is 0 Å². The van der Waals surface area contributed by atoms with Gasteiger partial charge in [-0.15, -0.1) is 0 Å². The van der Waals surface area contributed by atoms with E-state index in [2.05, 4.69) is 11.9 Å². The van der Waals surface area contributed by atoms with Gasteiger partial charge in [-0.3, -0.25) is 14.6 Å². The average molecular weight is 303 g/mol. The van der Waals surface area contributed by atoms with Crippen molar-refractivity contribution in [1.29, 1.82) is 0 Å². The van der Waals surface area contributed by atoms with Gasteiger partial charge in [0.15, 0.2) is 0 Å². The van der Waals surface area contributed by atoms with Crippen LogP contribution < -0.4 is 0 Å². The molecule has 120 valence electrons. The Morgan fingerprint density at radius 3 is 2.77 bits per heavy atom. The van der Waals surface area contributed by atoms with Crippen LogP contribution in [-0.2, 0) is 16.0 Å². The second-order valence-corrected chi connectivity index (χ2v) is 6.07. The smallest absolute Gasteiger partial charge is 0.227 e. The van der Waals surface area contributed by atoms with Crippen molar-refractivity contribution in [2.45, 2.75) is 39.2 Å². The second kappa shape index (κ2) is 7.38. The van der Waals surface area contributed by atoms with Crippen LogP contribution in [0.15, 0.2) is 24.5 Å². The first-order valence-electron chi connectivity index (χ1n) is 7.96. The third-order valence-electron chi connectivity index (χ3n) is 4.49. The summed E-state index contributed by atoms with van der Waals surface area (Å²) in [5.41, 5.74) is 1.17. The van der Waals surface area contributed by atoms with Gasteiger partial charge in [0.05, 0.1) is 5.92 Å². The summed E-state index contributed by atoms with van der Waals surface area (Å²) in [5, 5.41) is 0. The summed E-state index contributed by atoms with van der Waals surface area (Å²) in [6, 6.07) is 4.14. The molecular formula is C17H25N3O2. The number of carbonyl (C=O) groups is 2. The lowest BCUT2D eigenvalue weighted by Crippen LogP contribution is -2.38. The van der Waals surface area contributed by atoms with Crippen molar-refractivity contribution in [1.82, 2.24) is 14.8 Å². The second-order valence-electron chi connectivity index (χ2n) is 6.07. The minimum Gasteiger partial charge on any atom is -0.345 e. The van der Waals surface area contributed by atoms with Crippen LogP contribution in [0.2, 0.25) is 0 Å². The van der Waals surface area contributed by atoms with Gasteiger partial charge < -0.3 is 9.80 Å². The zero-order valence-corrected chi connectivity index (χ0v) is 13.7. The van der Waals surface area contributed by atoms with Crippen molar-refractivity contribution in [3.05, 3.63) is 30.1 Å². The third-order valence-corrected chi connectivity index (χ3v) is 4.49. The maximum Gasteiger partial charge on any atom is 0.227 e. The topological polar surface area (TPSA) is 53.5 Å². The molecule has 0 N–H and O–H groups in total. The highest BCUT2D eigenvalue weighted by Gasteiger charge is 2.37. The van der Waals surface area contributed by atoms with Crippen molar-refractivity contribution < 1.29 is 9.59 Å². The molecule has 1 aliphatic rings. The summed E-state index contributed by atoms with van der Waals surface area (Å²) in [6.45, 7) is 5.33. The van der Waals surface area contributed by atoms with E-state index in [0.717, 1.165) is 12.8 Å². The van der Waals surface area contributed by atoms with E-state index in [4.69, 9.17) is 0 Å². The maximum atomic E-state index is 12.5. The maximum absolute atomic E-state index is 12.5. The Bertz CT molecular complexity index is 518. The summed E-state index contributed by atoms with van der Waals surface area (Å²) in [4.78, 5) is 32.1. The molecule has 5 heteroatoms. The van der Waals surface area contributed by atoms with Gasteiger partial charge in [-0.25, -0.2) is 0 Å². The van der Waals surface area contributed by atoms with Crippen LogP contribution in [-0.4, -0.2) is 52.8 Å². The molecule has 5 nitrogen and oxygen atoms in total. The molecule has 0 bridgehead atoms. The number of likely N-dealkylation sites (tertiary alicyclic amines) is 1. The van der Waals surface area contributed by atoms with Gasteiger partial charge >= 0.3 is 0 Å². The van der Waals surface area contributed by atoms with Crippen LogP contribution in [0.5, 0.6) is 0 Å². The highest BCUT2D eigenvalue weighted by molar-refractivity contribution is 5.89. The summed E-state index contributed by atoms with van der Waals surface area (Å²) in [5.74, 6) is -0.00705. The summed E-state index contributed by atoms with van der Waals surface area (Å²) in [7, 11) is 1.82. The SMILES string of the molecule is CCC(C)N1CC(C(=O)N(C)CCc2ccncc2)CC1=O. The molecule has 1 fully saturated rings. The van der Waals surface area contributed by atoms with Crippen molar-refractivity contribution in [3.63, 3.8) is 0 Å². The van der Waals surface area contributed by atoms with Crippen molar-refractivity contribution in [2.24, 2.45) is 5.92 Å². The van der Waals surface area contributed by atoms with Crippen molar-refractivity contribution >= 4 is 11.8 Å². The van der Waals surface area contributed by atoms with E-state index in [0.29, 0.717) is 19.5 Å². The molecule has 1 aromatic rings. The Balaban J connectivity index is 1.87. The molecule has 2 atom stereocenters. The molecule has 2 heterocycles. The van der Waals surface area contributed by atoms with Crippen LogP contribution in [0.3, 0.4) is 0 Å². The quantitative estimate of drug-likeness (QED) is 0.804. The first kappa shape index (κ1) is 16.5. The lowest BCUT2D eigenvalue weighted by Gasteiger charge is -2.24. The Labute approximate surface area is 132 Å². The average Bonchev–Trinajstić information content (AvgIpc) is 2.94. The molecule has 1 aromatic heterocycles. The van der Waals surface area contributed by atoms with Gasteiger partial charge in [-0.05, 0) is 37.5 Å². The molecular weight excluding hydrogens is 278 g/mol. The molecule has 0 radical (unpaired) electrons. The Kier molecular flexibility index (Phi) is 5.52. The van der Waals surface area contributed by atoms with Crippen LogP contribution in [0.1, 0.15) is 32.3 Å². The molecule has 2 rings (SSSR count). The van der Waals surface area contributed by atoms with E-state index in [-0.39, 0.29) is 23.8 Å². The minimum absolute atomic E-state index is 0.0770. The molecule has 1 saturated heterocycles. The highest BCUT2D eigenvalue weighted by atomic mass is 16.2. The number of aromatic nitrogens is 1. The predicted molar refractivity (Wildman–Crippen MR) is 85.2 cm³/mol. The fourth-order valence-electron chi connectivity index (χ4n) is 2.81. The Hall–Kier alpha value is -1.91. The highest BCUT2D eigenvalue weighted by Crippen LogP contribution is 2.23. The normalized spacial score (nSPS) is 19.3. The number of pyridine rings is 1. The zero-order chi connectivity index (χ0) is 16.1. The van der Waals surface area contributed by atoms with E-state index < -0.39 is 0 Å². The number of hydrogen-bond acceptors (Lipinski definition) is 3. The number of rotatable bonds is 6. The van der Waals surface area contributed by atoms with Gasteiger partial charge in [0.1, 0.15) is 0 Å². The monoisotopic (exact) mass is 303 g/mol. The van der Waals surface area contributed by atoms with E-state index >= 15 is 0 Å². The van der Waals surface area contributed by atoms with Gasteiger partial charge in [0.25, 0.3) is 0 Å². The molecule has 0 saturated carbocycles. The van der Waals surface area contributed by atoms with E-state index in [9.17, 15) is 9.59 Å². The number of likely N-dealkylation sites (N-methyl/N-ethyl adjacent to an activating group) is 1. The van der Waals surface area contributed by atoms with E-state index in [1.165, 1.54) is 5.56 Å². The number of carbonyl (C=O) groups excluding carboxylic acids is 2. The first-order valence-corrected chi connectivity index (χ1v) is 7.96. The zero-order valence-electron chi connectivity index (χ0n) is 13.7. The fourth-order valence-corrected chi connectivity index (χ4v) is 2.81. The van der Waals surface area contributed by atoms with Crippen LogP contribution >= 0.6 is 0 Å². The molecule has 2 amide bonds. The Morgan fingerprint density at radius 2 is 2.14 bits per heavy atom. The fraction of sp³-hybridized carbons (Fsp3) is 0.588. The standard InChI is InChI=1S/C17H25N3O2/c1-4-13(2)20-12-15(11-16(20)21)17(22)19(3)10-7-14-5-8-18-9-6-14/h5-6,8-9,13,15H,4,7,10-12H2,1-3H3. The molecule has 1 aliphatic heterocycles.